The maximum atomic E-state index is 13.2. The Labute approximate surface area is 233 Å². The smallest absolute Gasteiger partial charge is 0.341 e. The lowest BCUT2D eigenvalue weighted by molar-refractivity contribution is -0.118. The third-order valence-corrected chi connectivity index (χ3v) is 7.02. The lowest BCUT2D eigenvalue weighted by atomic mass is 10.0. The minimum Gasteiger partial charge on any atom is -0.496 e. The second-order valence-electron chi connectivity index (χ2n) is 8.61. The van der Waals surface area contributed by atoms with Crippen LogP contribution < -0.4 is 20.2 Å². The molecule has 2 aromatic heterocycles. The highest BCUT2D eigenvalue weighted by Crippen LogP contribution is 2.36. The maximum absolute atomic E-state index is 13.2. The second-order valence-corrected chi connectivity index (χ2v) is 9.49. The number of hydrogen-bond donors (Lipinski definition) is 1. The molecule has 0 spiro atoms. The first kappa shape index (κ1) is 26.7. The number of para-hydroxylation sites is 1. The molecule has 3 aromatic carbocycles. The van der Waals surface area contributed by atoms with Crippen LogP contribution in [0.5, 0.6) is 11.5 Å². The molecule has 0 unspecified atom stereocenters. The number of benzene rings is 3. The predicted octanol–water partition coefficient (Wildman–Crippen LogP) is 6.39. The van der Waals surface area contributed by atoms with E-state index in [0.717, 1.165) is 5.56 Å². The van der Waals surface area contributed by atoms with Crippen LogP contribution in [-0.4, -0.2) is 32.2 Å². The lowest BCUT2D eigenvalue weighted by Crippen LogP contribution is -2.21. The summed E-state index contributed by atoms with van der Waals surface area (Å²) in [5.74, 6) is -0.0681. The molecule has 0 saturated heterocycles. The highest BCUT2D eigenvalue weighted by atomic mass is 32.1. The molecule has 5 rings (SSSR count). The van der Waals surface area contributed by atoms with Crippen LogP contribution in [0.3, 0.4) is 0 Å². The number of ether oxygens (including phenoxy) is 3. The fraction of sp³-hybridized carbons (Fsp3) is 0.129. The van der Waals surface area contributed by atoms with E-state index in [0.29, 0.717) is 49.7 Å². The molecular weight excluding hydrogens is 530 g/mol. The summed E-state index contributed by atoms with van der Waals surface area (Å²) in [5.41, 5.74) is 2.92. The summed E-state index contributed by atoms with van der Waals surface area (Å²) in [6.45, 7) is 1.61. The van der Waals surface area contributed by atoms with Crippen LogP contribution >= 0.6 is 11.3 Å². The summed E-state index contributed by atoms with van der Waals surface area (Å²) in [4.78, 5) is 38.7. The van der Waals surface area contributed by atoms with Crippen molar-refractivity contribution in [1.29, 1.82) is 0 Å². The molecule has 8 nitrogen and oxygen atoms in total. The SMILES string of the molecule is CCOC(=O)c1c(-c2ccccc2)csc1NC(=O)COc1ccc2c(=O)c(-c3ccccc3OC)coc2c1. The minimum absolute atomic E-state index is 0.206. The van der Waals surface area contributed by atoms with Gasteiger partial charge in [0.2, 0.25) is 5.43 Å². The van der Waals surface area contributed by atoms with Crippen molar-refractivity contribution in [3.63, 3.8) is 0 Å². The molecule has 0 saturated carbocycles. The van der Waals surface area contributed by atoms with E-state index in [9.17, 15) is 14.4 Å². The first-order valence-electron chi connectivity index (χ1n) is 12.5. The highest BCUT2D eigenvalue weighted by Gasteiger charge is 2.23. The summed E-state index contributed by atoms with van der Waals surface area (Å²) in [6.07, 6.45) is 1.39. The number of thiophene rings is 1. The standard InChI is InChI=1S/C31H25NO7S/c1-3-37-31(35)28-24(19-9-5-4-6-10-19)18-40-30(28)32-27(33)17-38-20-13-14-22-26(15-20)39-16-23(29(22)34)21-11-7-8-12-25(21)36-2/h4-16,18H,3,17H2,1-2H3,(H,32,33). The number of amides is 1. The van der Waals surface area contributed by atoms with E-state index in [-0.39, 0.29) is 18.6 Å². The molecule has 0 aliphatic heterocycles. The lowest BCUT2D eigenvalue weighted by Gasteiger charge is -2.10. The zero-order valence-corrected chi connectivity index (χ0v) is 22.6. The van der Waals surface area contributed by atoms with E-state index in [1.807, 2.05) is 47.8 Å². The van der Waals surface area contributed by atoms with Gasteiger partial charge in [-0.05, 0) is 30.7 Å². The number of carbonyl (C=O) groups is 2. The number of anilines is 1. The van der Waals surface area contributed by atoms with Crippen LogP contribution in [0.25, 0.3) is 33.2 Å². The van der Waals surface area contributed by atoms with Gasteiger partial charge >= 0.3 is 5.97 Å². The zero-order chi connectivity index (χ0) is 28.1. The predicted molar refractivity (Wildman–Crippen MR) is 154 cm³/mol. The molecule has 0 aliphatic rings. The molecule has 0 fully saturated rings. The van der Waals surface area contributed by atoms with Crippen molar-refractivity contribution < 1.29 is 28.2 Å². The van der Waals surface area contributed by atoms with Gasteiger partial charge in [-0.25, -0.2) is 4.79 Å². The molecule has 0 atom stereocenters. The number of esters is 1. The van der Waals surface area contributed by atoms with Crippen LogP contribution in [0.2, 0.25) is 0 Å². The van der Waals surface area contributed by atoms with Gasteiger partial charge in [0, 0.05) is 22.6 Å². The second kappa shape index (κ2) is 11.9. The molecule has 5 aromatic rings. The van der Waals surface area contributed by atoms with Crippen LogP contribution in [0, 0.1) is 0 Å². The summed E-state index contributed by atoms with van der Waals surface area (Å²) in [5, 5.41) is 5.31. The van der Waals surface area contributed by atoms with Gasteiger partial charge in [-0.2, -0.15) is 0 Å². The average Bonchev–Trinajstić information content (AvgIpc) is 3.40. The van der Waals surface area contributed by atoms with Gasteiger partial charge in [-0.3, -0.25) is 9.59 Å². The van der Waals surface area contributed by atoms with Crippen molar-refractivity contribution >= 4 is 39.2 Å². The van der Waals surface area contributed by atoms with Gasteiger partial charge < -0.3 is 23.9 Å². The van der Waals surface area contributed by atoms with Crippen molar-refractivity contribution in [2.24, 2.45) is 0 Å². The van der Waals surface area contributed by atoms with Crippen molar-refractivity contribution in [3.05, 3.63) is 100 Å². The van der Waals surface area contributed by atoms with E-state index in [4.69, 9.17) is 18.6 Å². The van der Waals surface area contributed by atoms with Crippen molar-refractivity contribution in [2.75, 3.05) is 25.6 Å². The van der Waals surface area contributed by atoms with Gasteiger partial charge in [-0.15, -0.1) is 11.3 Å². The van der Waals surface area contributed by atoms with E-state index in [1.54, 1.807) is 44.4 Å². The Morgan fingerprint density at radius 3 is 2.50 bits per heavy atom. The van der Waals surface area contributed by atoms with E-state index < -0.39 is 11.9 Å². The molecule has 40 heavy (non-hydrogen) atoms. The Bertz CT molecular complexity index is 1740. The summed E-state index contributed by atoms with van der Waals surface area (Å²) >= 11 is 1.23. The molecule has 0 aliphatic carbocycles. The van der Waals surface area contributed by atoms with E-state index in [2.05, 4.69) is 5.32 Å². The number of nitrogens with one attached hydrogen (secondary N) is 1. The van der Waals surface area contributed by atoms with Crippen LogP contribution in [0.15, 0.2) is 93.7 Å². The first-order chi connectivity index (χ1) is 19.5. The van der Waals surface area contributed by atoms with Gasteiger partial charge in [0.05, 0.1) is 24.7 Å². The molecule has 2 heterocycles. The van der Waals surface area contributed by atoms with Crippen LogP contribution in [-0.2, 0) is 9.53 Å². The van der Waals surface area contributed by atoms with Crippen molar-refractivity contribution in [2.45, 2.75) is 6.92 Å². The molecular formula is C31H25NO7S. The monoisotopic (exact) mass is 555 g/mol. The summed E-state index contributed by atoms with van der Waals surface area (Å²) in [6, 6.07) is 21.4. The van der Waals surface area contributed by atoms with Crippen molar-refractivity contribution in [1.82, 2.24) is 0 Å². The molecule has 1 amide bonds. The van der Waals surface area contributed by atoms with Gasteiger partial charge in [0.25, 0.3) is 5.91 Å². The fourth-order valence-corrected chi connectivity index (χ4v) is 5.22. The summed E-state index contributed by atoms with van der Waals surface area (Å²) < 4.78 is 22.0. The molecule has 0 bridgehead atoms. The normalized spacial score (nSPS) is 10.8. The molecule has 202 valence electrons. The Morgan fingerprint density at radius 1 is 0.950 bits per heavy atom. The first-order valence-corrected chi connectivity index (χ1v) is 13.3. The minimum atomic E-state index is -0.518. The maximum Gasteiger partial charge on any atom is 0.341 e. The molecule has 1 N–H and O–H groups in total. The van der Waals surface area contributed by atoms with E-state index in [1.165, 1.54) is 17.6 Å². The Balaban J connectivity index is 1.32. The topological polar surface area (TPSA) is 104 Å². The van der Waals surface area contributed by atoms with Crippen LogP contribution in [0.1, 0.15) is 17.3 Å². The van der Waals surface area contributed by atoms with Crippen LogP contribution in [0.4, 0.5) is 5.00 Å². The van der Waals surface area contributed by atoms with Crippen molar-refractivity contribution in [3.8, 4) is 33.8 Å². The highest BCUT2D eigenvalue weighted by molar-refractivity contribution is 7.15. The number of methoxy groups -OCH3 is 1. The van der Waals surface area contributed by atoms with E-state index >= 15 is 0 Å². The zero-order valence-electron chi connectivity index (χ0n) is 21.8. The molecule has 0 radical (unpaired) electrons. The third-order valence-electron chi connectivity index (χ3n) is 6.12. The van der Waals surface area contributed by atoms with Gasteiger partial charge in [0.15, 0.2) is 6.61 Å². The average molecular weight is 556 g/mol. The Morgan fingerprint density at radius 2 is 1.73 bits per heavy atom. The quantitative estimate of drug-likeness (QED) is 0.210. The Kier molecular flexibility index (Phi) is 7.93. The number of carbonyl (C=O) groups excluding carboxylic acids is 2. The molecule has 9 heteroatoms. The number of fused-ring (bicyclic) bond motifs is 1. The van der Waals surface area contributed by atoms with Gasteiger partial charge in [-0.1, -0.05) is 48.5 Å². The number of hydrogen-bond acceptors (Lipinski definition) is 8. The number of rotatable bonds is 9. The third kappa shape index (κ3) is 5.45. The largest absolute Gasteiger partial charge is 0.496 e. The Hall–Kier alpha value is -4.89. The van der Waals surface area contributed by atoms with Gasteiger partial charge in [0.1, 0.15) is 33.9 Å². The summed E-state index contributed by atoms with van der Waals surface area (Å²) in [7, 11) is 1.54. The fourth-order valence-electron chi connectivity index (χ4n) is 4.25.